The van der Waals surface area contributed by atoms with Gasteiger partial charge in [0.25, 0.3) is 0 Å². The molecule has 110 valence electrons. The zero-order valence-corrected chi connectivity index (χ0v) is 11.8. The van der Waals surface area contributed by atoms with Crippen molar-refractivity contribution in [3.63, 3.8) is 0 Å². The van der Waals surface area contributed by atoms with Gasteiger partial charge in [-0.3, -0.25) is 0 Å². The SMILES string of the molecule is Cc1cc(NC(=O)NCC2CCCCCN2)ccc1F. The number of anilines is 1. The second-order valence-electron chi connectivity index (χ2n) is 5.30. The Morgan fingerprint density at radius 3 is 3.05 bits per heavy atom. The van der Waals surface area contributed by atoms with Gasteiger partial charge in [0.15, 0.2) is 0 Å². The summed E-state index contributed by atoms with van der Waals surface area (Å²) in [7, 11) is 0. The van der Waals surface area contributed by atoms with Gasteiger partial charge in [0.2, 0.25) is 0 Å². The smallest absolute Gasteiger partial charge is 0.319 e. The summed E-state index contributed by atoms with van der Waals surface area (Å²) in [4.78, 5) is 11.8. The number of hydrogen-bond acceptors (Lipinski definition) is 2. The highest BCUT2D eigenvalue weighted by Gasteiger charge is 2.12. The van der Waals surface area contributed by atoms with Crippen LogP contribution in [0.15, 0.2) is 18.2 Å². The molecule has 2 rings (SSSR count). The zero-order chi connectivity index (χ0) is 14.4. The van der Waals surface area contributed by atoms with E-state index in [1.165, 1.54) is 25.3 Å². The van der Waals surface area contributed by atoms with Gasteiger partial charge >= 0.3 is 6.03 Å². The number of aryl methyl sites for hydroxylation is 1. The number of amides is 2. The van der Waals surface area contributed by atoms with Crippen LogP contribution in [0.25, 0.3) is 0 Å². The molecule has 1 aliphatic heterocycles. The molecule has 2 amide bonds. The van der Waals surface area contributed by atoms with Gasteiger partial charge in [0, 0.05) is 18.3 Å². The van der Waals surface area contributed by atoms with Crippen molar-refractivity contribution >= 4 is 11.7 Å². The molecule has 0 saturated carbocycles. The van der Waals surface area contributed by atoms with Crippen LogP contribution in [0.2, 0.25) is 0 Å². The molecule has 3 N–H and O–H groups in total. The molecule has 0 radical (unpaired) electrons. The Balaban J connectivity index is 1.78. The number of rotatable bonds is 3. The van der Waals surface area contributed by atoms with Crippen LogP contribution in [0, 0.1) is 12.7 Å². The third-order valence-electron chi connectivity index (χ3n) is 3.59. The number of benzene rings is 1. The van der Waals surface area contributed by atoms with Gasteiger partial charge in [-0.2, -0.15) is 0 Å². The van der Waals surface area contributed by atoms with Crippen molar-refractivity contribution in [1.82, 2.24) is 10.6 Å². The Hall–Kier alpha value is -1.62. The van der Waals surface area contributed by atoms with Crippen molar-refractivity contribution in [2.45, 2.75) is 38.6 Å². The Morgan fingerprint density at radius 2 is 2.25 bits per heavy atom. The van der Waals surface area contributed by atoms with Gasteiger partial charge in [-0.05, 0) is 50.1 Å². The summed E-state index contributed by atoms with van der Waals surface area (Å²) < 4.78 is 13.1. The molecule has 20 heavy (non-hydrogen) atoms. The van der Waals surface area contributed by atoms with Gasteiger partial charge in [0.05, 0.1) is 0 Å². The lowest BCUT2D eigenvalue weighted by Gasteiger charge is -2.16. The quantitative estimate of drug-likeness (QED) is 0.797. The predicted molar refractivity (Wildman–Crippen MR) is 78.4 cm³/mol. The summed E-state index contributed by atoms with van der Waals surface area (Å²) in [6.45, 7) is 3.31. The molecule has 1 aliphatic rings. The Bertz CT molecular complexity index is 456. The molecule has 0 aromatic heterocycles. The van der Waals surface area contributed by atoms with Crippen LogP contribution in [-0.4, -0.2) is 25.2 Å². The van der Waals surface area contributed by atoms with E-state index in [2.05, 4.69) is 16.0 Å². The fourth-order valence-corrected chi connectivity index (χ4v) is 2.39. The first kappa shape index (κ1) is 14.8. The highest BCUT2D eigenvalue weighted by atomic mass is 19.1. The summed E-state index contributed by atoms with van der Waals surface area (Å²) in [6, 6.07) is 4.64. The van der Waals surface area contributed by atoms with Crippen LogP contribution in [0.4, 0.5) is 14.9 Å². The predicted octanol–water partition coefficient (Wildman–Crippen LogP) is 2.79. The van der Waals surface area contributed by atoms with Crippen molar-refractivity contribution in [1.29, 1.82) is 0 Å². The number of nitrogens with one attached hydrogen (secondary N) is 3. The summed E-state index contributed by atoms with van der Waals surface area (Å²) in [5.74, 6) is -0.265. The monoisotopic (exact) mass is 279 g/mol. The van der Waals surface area contributed by atoms with E-state index in [1.807, 2.05) is 0 Å². The van der Waals surface area contributed by atoms with Crippen molar-refractivity contribution in [2.75, 3.05) is 18.4 Å². The van der Waals surface area contributed by atoms with E-state index in [4.69, 9.17) is 0 Å². The first-order valence-electron chi connectivity index (χ1n) is 7.19. The molecule has 1 aromatic carbocycles. The van der Waals surface area contributed by atoms with Crippen LogP contribution in [0.3, 0.4) is 0 Å². The average molecular weight is 279 g/mol. The topological polar surface area (TPSA) is 53.2 Å². The van der Waals surface area contributed by atoms with Crippen molar-refractivity contribution in [3.05, 3.63) is 29.6 Å². The van der Waals surface area contributed by atoms with E-state index < -0.39 is 0 Å². The maximum absolute atomic E-state index is 13.1. The standard InChI is InChI=1S/C15H22FN3O/c1-11-9-12(6-7-14(11)16)19-15(20)18-10-13-5-3-2-4-8-17-13/h6-7,9,13,17H,2-5,8,10H2,1H3,(H2,18,19,20). The molecule has 4 nitrogen and oxygen atoms in total. The first-order chi connectivity index (χ1) is 9.65. The van der Waals surface area contributed by atoms with E-state index in [-0.39, 0.29) is 11.8 Å². The molecule has 1 saturated heterocycles. The fourth-order valence-electron chi connectivity index (χ4n) is 2.39. The molecular weight excluding hydrogens is 257 g/mol. The van der Waals surface area contributed by atoms with E-state index in [1.54, 1.807) is 19.1 Å². The minimum absolute atomic E-state index is 0.248. The number of halogens is 1. The number of carbonyl (C=O) groups is 1. The molecule has 0 aliphatic carbocycles. The van der Waals surface area contributed by atoms with E-state index in [9.17, 15) is 9.18 Å². The zero-order valence-electron chi connectivity index (χ0n) is 11.8. The lowest BCUT2D eigenvalue weighted by atomic mass is 10.1. The Kier molecular flexibility index (Phi) is 5.35. The highest BCUT2D eigenvalue weighted by Crippen LogP contribution is 2.13. The average Bonchev–Trinajstić information content (AvgIpc) is 2.69. The minimum Gasteiger partial charge on any atom is -0.336 e. The number of carbonyl (C=O) groups excluding carboxylic acids is 1. The van der Waals surface area contributed by atoms with E-state index >= 15 is 0 Å². The summed E-state index contributed by atoms with van der Waals surface area (Å²) >= 11 is 0. The Labute approximate surface area is 119 Å². The van der Waals surface area contributed by atoms with E-state index in [0.29, 0.717) is 23.8 Å². The lowest BCUT2D eigenvalue weighted by molar-refractivity contribution is 0.250. The van der Waals surface area contributed by atoms with Crippen molar-refractivity contribution in [2.24, 2.45) is 0 Å². The third-order valence-corrected chi connectivity index (χ3v) is 3.59. The van der Waals surface area contributed by atoms with Gasteiger partial charge in [-0.1, -0.05) is 12.8 Å². The lowest BCUT2D eigenvalue weighted by Crippen LogP contribution is -2.41. The molecule has 1 heterocycles. The van der Waals surface area contributed by atoms with Crippen molar-refractivity contribution in [3.8, 4) is 0 Å². The molecule has 1 unspecified atom stereocenters. The maximum atomic E-state index is 13.1. The van der Waals surface area contributed by atoms with Gasteiger partial charge < -0.3 is 16.0 Å². The summed E-state index contributed by atoms with van der Waals surface area (Å²) in [6.07, 6.45) is 4.76. The normalized spacial score (nSPS) is 19.2. The molecule has 1 fully saturated rings. The van der Waals surface area contributed by atoms with Gasteiger partial charge in [-0.25, -0.2) is 9.18 Å². The fraction of sp³-hybridized carbons (Fsp3) is 0.533. The summed E-state index contributed by atoms with van der Waals surface area (Å²) in [5.41, 5.74) is 1.13. The first-order valence-corrected chi connectivity index (χ1v) is 7.19. The Morgan fingerprint density at radius 1 is 1.40 bits per heavy atom. The van der Waals surface area contributed by atoms with Gasteiger partial charge in [0.1, 0.15) is 5.82 Å². The van der Waals surface area contributed by atoms with E-state index in [0.717, 1.165) is 13.0 Å². The number of urea groups is 1. The largest absolute Gasteiger partial charge is 0.336 e. The van der Waals surface area contributed by atoms with Crippen LogP contribution in [-0.2, 0) is 0 Å². The number of hydrogen-bond donors (Lipinski definition) is 3. The van der Waals surface area contributed by atoms with Crippen LogP contribution in [0.1, 0.15) is 31.2 Å². The van der Waals surface area contributed by atoms with Crippen LogP contribution < -0.4 is 16.0 Å². The molecule has 1 atom stereocenters. The molecular formula is C15H22FN3O. The second kappa shape index (κ2) is 7.24. The van der Waals surface area contributed by atoms with Crippen molar-refractivity contribution < 1.29 is 9.18 Å². The van der Waals surface area contributed by atoms with Gasteiger partial charge in [-0.15, -0.1) is 0 Å². The molecule has 5 heteroatoms. The molecule has 0 spiro atoms. The molecule has 1 aromatic rings. The third kappa shape index (κ3) is 4.49. The minimum atomic E-state index is -0.265. The van der Waals surface area contributed by atoms with Crippen LogP contribution in [0.5, 0.6) is 0 Å². The summed E-state index contributed by atoms with van der Waals surface area (Å²) in [5, 5.41) is 9.00. The highest BCUT2D eigenvalue weighted by molar-refractivity contribution is 5.89. The second-order valence-corrected chi connectivity index (χ2v) is 5.30. The van der Waals surface area contributed by atoms with Crippen LogP contribution >= 0.6 is 0 Å². The molecule has 0 bridgehead atoms. The maximum Gasteiger partial charge on any atom is 0.319 e.